The summed E-state index contributed by atoms with van der Waals surface area (Å²) < 4.78 is 21.3. The van der Waals surface area contributed by atoms with Gasteiger partial charge in [-0.1, -0.05) is 61.5 Å². The number of imide groups is 2. The standard InChI is InChI=1S/C36H41N5O4.C21H26N2O6/c1-27-5-6-29(22-32(27)24-35-38-14-11-33(39-35)31-4-3-13-37-25-31)23-34(42)30-9-7-28(8-10-30)26-40-15-17-41(18-16-40)36(43)12-19-45-21-20-44-2;1-2-10-28-12-13-29-11-4-6-14-5-3-7-15-18(14)21(27)23(20(15)26)16-8-9-17(24)22-19(16)25/h3-11,13-14,22,25H,12,15-21,23-24,26H2,1-2H3;3,5,7,16H,2,4,6,8-13H2,1H3,(H,22,24,25). The Morgan fingerprint density at radius 3 is 2.27 bits per heavy atom. The van der Waals surface area contributed by atoms with Crippen molar-refractivity contribution in [3.63, 3.8) is 0 Å². The molecule has 1 atom stereocenters. The Balaban J connectivity index is 0.000000238. The molecule has 5 heterocycles. The van der Waals surface area contributed by atoms with Crippen LogP contribution in [0.15, 0.2) is 97.5 Å². The predicted molar refractivity (Wildman–Crippen MR) is 276 cm³/mol. The fourth-order valence-corrected chi connectivity index (χ4v) is 9.04. The van der Waals surface area contributed by atoms with Crippen LogP contribution >= 0.6 is 0 Å². The number of hydrogen-bond acceptors (Lipinski definition) is 14. The molecule has 0 spiro atoms. The molecule has 2 aromatic heterocycles. The van der Waals surface area contributed by atoms with Crippen molar-refractivity contribution in [1.82, 2.24) is 35.0 Å². The van der Waals surface area contributed by atoms with Crippen LogP contribution in [0.1, 0.15) is 104 Å². The normalized spacial score (nSPS) is 15.7. The van der Waals surface area contributed by atoms with Gasteiger partial charge in [-0.15, -0.1) is 0 Å². The van der Waals surface area contributed by atoms with Crippen molar-refractivity contribution in [2.24, 2.45) is 0 Å². The number of nitrogens with one attached hydrogen (secondary N) is 1. The number of ketones is 1. The summed E-state index contributed by atoms with van der Waals surface area (Å²) >= 11 is 0. The van der Waals surface area contributed by atoms with Crippen molar-refractivity contribution in [1.29, 1.82) is 0 Å². The minimum Gasteiger partial charge on any atom is -0.382 e. The van der Waals surface area contributed by atoms with E-state index in [1.54, 1.807) is 37.8 Å². The molecule has 0 radical (unpaired) electrons. The molecule has 3 aliphatic heterocycles. The third-order valence-electron chi connectivity index (χ3n) is 13.1. The van der Waals surface area contributed by atoms with Crippen molar-refractivity contribution in [2.75, 3.05) is 79.5 Å². The van der Waals surface area contributed by atoms with E-state index in [0.717, 1.165) is 82.5 Å². The Kier molecular flexibility index (Phi) is 20.7. The molecule has 1 N–H and O–H groups in total. The van der Waals surface area contributed by atoms with Crippen LogP contribution in [0.3, 0.4) is 0 Å². The van der Waals surface area contributed by atoms with E-state index < -0.39 is 23.8 Å². The number of hydrogen-bond donors (Lipinski definition) is 1. The highest BCUT2D eigenvalue weighted by Crippen LogP contribution is 2.31. The van der Waals surface area contributed by atoms with E-state index in [9.17, 15) is 28.8 Å². The summed E-state index contributed by atoms with van der Waals surface area (Å²) in [4.78, 5) is 93.7. The van der Waals surface area contributed by atoms with Gasteiger partial charge in [-0.2, -0.15) is 0 Å². The number of methoxy groups -OCH3 is 1. The van der Waals surface area contributed by atoms with Gasteiger partial charge in [0, 0.05) is 102 Å². The summed E-state index contributed by atoms with van der Waals surface area (Å²) in [6.07, 6.45) is 9.16. The first-order chi connectivity index (χ1) is 36.0. The number of nitrogens with zero attached hydrogens (tertiary/aromatic N) is 6. The second kappa shape index (κ2) is 28.0. The lowest BCUT2D eigenvalue weighted by Crippen LogP contribution is -2.54. The molecule has 0 saturated carbocycles. The number of Topliss-reactive ketones (excluding diaryl/α,β-unsaturated/α-hetero) is 1. The van der Waals surface area contributed by atoms with E-state index in [2.05, 4.69) is 39.2 Å². The molecule has 0 bridgehead atoms. The van der Waals surface area contributed by atoms with Gasteiger partial charge in [0.2, 0.25) is 17.7 Å². The highest BCUT2D eigenvalue weighted by molar-refractivity contribution is 6.24. The SMILES string of the molecule is CCCOCCOCCCc1cccc2c1C(=O)N(C1CCC(=O)NC1=O)C2=O.COCCOCCC(=O)N1CCN(Cc2ccc(C(=O)Cc3ccc(C)c(Cc4nccc(-c5cccnc5)n4)c3)cc2)CC1. The number of piperazine rings is 1. The molecule has 3 aliphatic rings. The molecule has 8 rings (SSSR count). The van der Waals surface area contributed by atoms with Gasteiger partial charge in [0.05, 0.1) is 56.3 Å². The third kappa shape index (κ3) is 15.3. The van der Waals surface area contributed by atoms with E-state index in [0.29, 0.717) is 102 Å². The fourth-order valence-electron chi connectivity index (χ4n) is 9.04. The lowest BCUT2D eigenvalue weighted by Gasteiger charge is -2.34. The Labute approximate surface area is 433 Å². The number of piperidine rings is 1. The number of amides is 5. The minimum atomic E-state index is -0.945. The van der Waals surface area contributed by atoms with Gasteiger partial charge in [0.15, 0.2) is 5.78 Å². The molecule has 3 aromatic carbocycles. The number of fused-ring (bicyclic) bond motifs is 1. The van der Waals surface area contributed by atoms with Gasteiger partial charge in [-0.3, -0.25) is 48.9 Å². The van der Waals surface area contributed by atoms with E-state index in [4.69, 9.17) is 23.9 Å². The third-order valence-corrected chi connectivity index (χ3v) is 13.1. The average Bonchev–Trinajstić information content (AvgIpc) is 3.67. The molecular formula is C57H67N7O10. The topological polar surface area (TPSA) is 200 Å². The molecule has 17 heteroatoms. The first-order valence-electron chi connectivity index (χ1n) is 25.5. The zero-order valence-electron chi connectivity index (χ0n) is 42.7. The molecule has 2 saturated heterocycles. The monoisotopic (exact) mass is 1010 g/mol. The van der Waals surface area contributed by atoms with Crippen molar-refractivity contribution < 1.29 is 47.7 Å². The van der Waals surface area contributed by atoms with E-state index in [1.165, 1.54) is 0 Å². The molecule has 5 amide bonds. The van der Waals surface area contributed by atoms with Crippen LogP contribution in [0.25, 0.3) is 11.3 Å². The molecule has 0 aliphatic carbocycles. The smallest absolute Gasteiger partial charge is 0.262 e. The summed E-state index contributed by atoms with van der Waals surface area (Å²) in [6, 6.07) is 24.1. The lowest BCUT2D eigenvalue weighted by atomic mass is 9.97. The van der Waals surface area contributed by atoms with Crippen molar-refractivity contribution in [2.45, 2.75) is 77.8 Å². The minimum absolute atomic E-state index is 0.0875. The van der Waals surface area contributed by atoms with E-state index in [-0.39, 0.29) is 30.4 Å². The summed E-state index contributed by atoms with van der Waals surface area (Å²) in [6.45, 7) is 11.8. The van der Waals surface area contributed by atoms with Gasteiger partial charge in [0.25, 0.3) is 11.8 Å². The summed E-state index contributed by atoms with van der Waals surface area (Å²) in [5.74, 6) is -0.979. The number of benzene rings is 3. The number of carbonyl (C=O) groups excluding carboxylic acids is 6. The fraction of sp³-hybridized carbons (Fsp3) is 0.421. The molecule has 2 fully saturated rings. The number of pyridine rings is 1. The maximum absolute atomic E-state index is 13.2. The number of aromatic nitrogens is 3. The maximum Gasteiger partial charge on any atom is 0.262 e. The van der Waals surface area contributed by atoms with Gasteiger partial charge in [-0.05, 0) is 84.7 Å². The van der Waals surface area contributed by atoms with Crippen molar-refractivity contribution >= 4 is 35.3 Å². The van der Waals surface area contributed by atoms with Crippen LogP contribution in [0.5, 0.6) is 0 Å². The van der Waals surface area contributed by atoms with Crippen LogP contribution in [-0.2, 0) is 59.1 Å². The molecule has 5 aromatic rings. The quantitative estimate of drug-likeness (QED) is 0.0427. The summed E-state index contributed by atoms with van der Waals surface area (Å²) in [5, 5.41) is 2.20. The zero-order chi connectivity index (χ0) is 52.2. The largest absolute Gasteiger partial charge is 0.382 e. The highest BCUT2D eigenvalue weighted by Gasteiger charge is 2.45. The van der Waals surface area contributed by atoms with Crippen LogP contribution in [-0.4, -0.2) is 151 Å². The van der Waals surface area contributed by atoms with Crippen LogP contribution in [0.4, 0.5) is 0 Å². The van der Waals surface area contributed by atoms with Gasteiger partial charge in [0.1, 0.15) is 11.9 Å². The molecule has 1 unspecified atom stereocenters. The number of ether oxygens (including phenoxy) is 4. The first-order valence-corrected chi connectivity index (χ1v) is 25.5. The Hall–Kier alpha value is -6.89. The average molecular weight is 1010 g/mol. The summed E-state index contributed by atoms with van der Waals surface area (Å²) in [7, 11) is 1.63. The number of rotatable bonds is 24. The van der Waals surface area contributed by atoms with Crippen LogP contribution in [0.2, 0.25) is 0 Å². The van der Waals surface area contributed by atoms with E-state index >= 15 is 0 Å². The Morgan fingerprint density at radius 1 is 0.770 bits per heavy atom. The second-order valence-electron chi connectivity index (χ2n) is 18.5. The van der Waals surface area contributed by atoms with Gasteiger partial charge >= 0.3 is 0 Å². The Bertz CT molecular complexity index is 2710. The molecule has 390 valence electrons. The first kappa shape index (κ1) is 54.9. The van der Waals surface area contributed by atoms with Crippen LogP contribution < -0.4 is 5.32 Å². The molecular weight excluding hydrogens is 943 g/mol. The highest BCUT2D eigenvalue weighted by atomic mass is 16.5. The van der Waals surface area contributed by atoms with Crippen LogP contribution in [0, 0.1) is 6.92 Å². The molecule has 17 nitrogen and oxygen atoms in total. The second-order valence-corrected chi connectivity index (χ2v) is 18.5. The predicted octanol–water partition coefficient (Wildman–Crippen LogP) is 6.02. The van der Waals surface area contributed by atoms with Crippen molar-refractivity contribution in [3.05, 3.63) is 148 Å². The van der Waals surface area contributed by atoms with Gasteiger partial charge in [-0.25, -0.2) is 9.97 Å². The lowest BCUT2D eigenvalue weighted by molar-refractivity contribution is -0.136. The van der Waals surface area contributed by atoms with Gasteiger partial charge < -0.3 is 23.8 Å². The molecule has 74 heavy (non-hydrogen) atoms. The maximum atomic E-state index is 13.2. The van der Waals surface area contributed by atoms with E-state index in [1.807, 2.05) is 66.4 Å². The van der Waals surface area contributed by atoms with Crippen molar-refractivity contribution in [3.8, 4) is 11.3 Å². The Morgan fingerprint density at radius 2 is 1.53 bits per heavy atom. The summed E-state index contributed by atoms with van der Waals surface area (Å²) in [5.41, 5.74) is 8.31. The number of carbonyl (C=O) groups is 6. The zero-order valence-corrected chi connectivity index (χ0v) is 42.7. The number of aryl methyl sites for hydroxylation is 2.